The molecule has 0 bridgehead atoms. The fourth-order valence-corrected chi connectivity index (χ4v) is 2.69. The number of rotatable bonds is 7. The second-order valence-electron chi connectivity index (χ2n) is 3.80. The summed E-state index contributed by atoms with van der Waals surface area (Å²) in [6, 6.07) is 8.70. The molecule has 0 aliphatic heterocycles. The van der Waals surface area contributed by atoms with Crippen LogP contribution in [0.1, 0.15) is 37.7 Å². The minimum atomic E-state index is 1.16. The monoisotopic (exact) mass is 380 g/mol. The topological polar surface area (TPSA) is 0 Å². The highest BCUT2D eigenvalue weighted by atomic mass is 127. The summed E-state index contributed by atoms with van der Waals surface area (Å²) in [6.07, 6.45) is 8.03. The molecule has 0 amide bonds. The van der Waals surface area contributed by atoms with Crippen molar-refractivity contribution in [2.75, 3.05) is 5.33 Å². The number of benzene rings is 1. The minimum Gasteiger partial charge on any atom is -0.0928 e. The molecule has 0 saturated carbocycles. The highest BCUT2D eigenvalue weighted by molar-refractivity contribution is 14.1. The average molecular weight is 381 g/mol. The Kier molecular flexibility index (Phi) is 7.71. The van der Waals surface area contributed by atoms with Gasteiger partial charge in [-0.15, -0.1) is 0 Å². The van der Waals surface area contributed by atoms with Gasteiger partial charge in [0.15, 0.2) is 0 Å². The molecular weight excluding hydrogens is 363 g/mol. The van der Waals surface area contributed by atoms with Gasteiger partial charge in [0.2, 0.25) is 0 Å². The first kappa shape index (κ1) is 13.5. The number of aryl methyl sites for hydroxylation is 1. The molecule has 1 aromatic rings. The number of hydrogen-bond donors (Lipinski definition) is 0. The first-order valence-corrected chi connectivity index (χ1v) is 7.84. The van der Waals surface area contributed by atoms with E-state index in [-0.39, 0.29) is 0 Å². The zero-order valence-corrected chi connectivity index (χ0v) is 12.8. The van der Waals surface area contributed by atoms with Crippen LogP contribution in [0.5, 0.6) is 0 Å². The van der Waals surface area contributed by atoms with Crippen LogP contribution in [0.15, 0.2) is 24.3 Å². The van der Waals surface area contributed by atoms with Crippen LogP contribution in [-0.4, -0.2) is 5.33 Å². The smallest absolute Gasteiger partial charge is 0.0162 e. The molecule has 0 fully saturated rings. The quantitative estimate of drug-likeness (QED) is 0.347. The summed E-state index contributed by atoms with van der Waals surface area (Å²) in [5.74, 6) is 0. The molecule has 0 aliphatic carbocycles. The Balaban J connectivity index is 2.12. The van der Waals surface area contributed by atoms with Gasteiger partial charge in [-0.3, -0.25) is 0 Å². The Morgan fingerprint density at radius 1 is 0.933 bits per heavy atom. The summed E-state index contributed by atoms with van der Waals surface area (Å²) in [7, 11) is 0. The predicted octanol–water partition coefficient (Wildman–Crippen LogP) is 5.18. The number of hydrogen-bond acceptors (Lipinski definition) is 0. The Bertz CT molecular complexity index is 273. The van der Waals surface area contributed by atoms with E-state index in [1.165, 1.54) is 47.7 Å². The summed E-state index contributed by atoms with van der Waals surface area (Å²) in [5, 5.41) is 1.16. The summed E-state index contributed by atoms with van der Waals surface area (Å²) >= 11 is 5.89. The van der Waals surface area contributed by atoms with Gasteiger partial charge in [-0.05, 0) is 53.5 Å². The van der Waals surface area contributed by atoms with Crippen molar-refractivity contribution < 1.29 is 0 Å². The van der Waals surface area contributed by atoms with Crippen LogP contribution < -0.4 is 0 Å². The largest absolute Gasteiger partial charge is 0.0928 e. The third-order valence-corrected chi connectivity index (χ3v) is 4.15. The maximum atomic E-state index is 3.46. The van der Waals surface area contributed by atoms with Crippen molar-refractivity contribution in [3.05, 3.63) is 33.4 Å². The van der Waals surface area contributed by atoms with Gasteiger partial charge in [-0.2, -0.15) is 0 Å². The van der Waals surface area contributed by atoms with E-state index in [1.807, 2.05) is 0 Å². The molecule has 0 spiro atoms. The van der Waals surface area contributed by atoms with Crippen molar-refractivity contribution in [3.8, 4) is 0 Å². The lowest BCUT2D eigenvalue weighted by Crippen LogP contribution is -1.89. The van der Waals surface area contributed by atoms with Crippen molar-refractivity contribution in [2.45, 2.75) is 38.5 Å². The number of alkyl halides is 1. The lowest BCUT2D eigenvalue weighted by Gasteiger charge is -2.03. The molecule has 1 rings (SSSR count). The fourth-order valence-electron chi connectivity index (χ4n) is 1.64. The van der Waals surface area contributed by atoms with E-state index in [4.69, 9.17) is 0 Å². The van der Waals surface area contributed by atoms with Crippen molar-refractivity contribution in [2.24, 2.45) is 0 Å². The third-order valence-electron chi connectivity index (χ3n) is 2.54. The normalized spacial score (nSPS) is 10.5. The van der Waals surface area contributed by atoms with E-state index in [9.17, 15) is 0 Å². The number of halogens is 2. The zero-order chi connectivity index (χ0) is 10.9. The lowest BCUT2D eigenvalue weighted by molar-refractivity contribution is 0.635. The van der Waals surface area contributed by atoms with Gasteiger partial charge in [-0.25, -0.2) is 0 Å². The van der Waals surface area contributed by atoms with Crippen molar-refractivity contribution in [1.29, 1.82) is 0 Å². The number of unbranched alkanes of at least 4 members (excludes halogenated alkanes) is 4. The molecular formula is C13H18BrI. The molecule has 0 heterocycles. The van der Waals surface area contributed by atoms with E-state index >= 15 is 0 Å². The minimum absolute atomic E-state index is 1.16. The lowest BCUT2D eigenvalue weighted by atomic mass is 10.1. The van der Waals surface area contributed by atoms with Crippen LogP contribution in [0.25, 0.3) is 0 Å². The van der Waals surface area contributed by atoms with E-state index in [0.29, 0.717) is 0 Å². The van der Waals surface area contributed by atoms with Crippen molar-refractivity contribution in [1.82, 2.24) is 0 Å². The van der Waals surface area contributed by atoms with Crippen LogP contribution >= 0.6 is 38.5 Å². The molecule has 0 atom stereocenters. The zero-order valence-electron chi connectivity index (χ0n) is 9.02. The van der Waals surface area contributed by atoms with Crippen LogP contribution in [0.4, 0.5) is 0 Å². The highest BCUT2D eigenvalue weighted by Gasteiger charge is 1.97. The molecule has 84 valence electrons. The molecule has 0 nitrogen and oxygen atoms in total. The van der Waals surface area contributed by atoms with Crippen LogP contribution in [-0.2, 0) is 6.42 Å². The summed E-state index contributed by atoms with van der Waals surface area (Å²) in [4.78, 5) is 0. The molecule has 0 aromatic heterocycles. The van der Waals surface area contributed by atoms with Crippen LogP contribution in [0.2, 0.25) is 0 Å². The molecule has 0 radical (unpaired) electrons. The molecule has 2 heteroatoms. The molecule has 15 heavy (non-hydrogen) atoms. The summed E-state index contributed by atoms with van der Waals surface area (Å²) in [5.41, 5.74) is 1.51. The predicted molar refractivity (Wildman–Crippen MR) is 79.7 cm³/mol. The maximum Gasteiger partial charge on any atom is 0.0162 e. The molecule has 0 unspecified atom stereocenters. The molecule has 1 aromatic carbocycles. The third kappa shape index (κ3) is 5.91. The molecule has 0 aliphatic rings. The Morgan fingerprint density at radius 2 is 1.60 bits per heavy atom. The van der Waals surface area contributed by atoms with Gasteiger partial charge in [0, 0.05) is 8.90 Å². The van der Waals surface area contributed by atoms with Crippen LogP contribution in [0.3, 0.4) is 0 Å². The highest BCUT2D eigenvalue weighted by Crippen LogP contribution is 2.15. The molecule has 0 saturated heterocycles. The van der Waals surface area contributed by atoms with Gasteiger partial charge < -0.3 is 0 Å². The second-order valence-corrected chi connectivity index (χ2v) is 5.75. The summed E-state index contributed by atoms with van der Waals surface area (Å²) < 4.78 is 1.41. The fraction of sp³-hybridized carbons (Fsp3) is 0.538. The Morgan fingerprint density at radius 3 is 2.33 bits per heavy atom. The SMILES string of the molecule is BrCCCCCCCc1ccccc1I. The van der Waals surface area contributed by atoms with Gasteiger partial charge in [0.25, 0.3) is 0 Å². The first-order chi connectivity index (χ1) is 7.34. The van der Waals surface area contributed by atoms with Gasteiger partial charge >= 0.3 is 0 Å². The maximum absolute atomic E-state index is 3.46. The van der Waals surface area contributed by atoms with Gasteiger partial charge in [0.05, 0.1) is 0 Å². The Hall–Kier alpha value is 0.430. The van der Waals surface area contributed by atoms with E-state index in [1.54, 1.807) is 0 Å². The van der Waals surface area contributed by atoms with E-state index < -0.39 is 0 Å². The van der Waals surface area contributed by atoms with E-state index in [2.05, 4.69) is 62.8 Å². The van der Waals surface area contributed by atoms with Crippen LogP contribution in [0, 0.1) is 3.57 Å². The average Bonchev–Trinajstić information content (AvgIpc) is 2.25. The Labute approximate surface area is 115 Å². The summed E-state index contributed by atoms with van der Waals surface area (Å²) in [6.45, 7) is 0. The van der Waals surface area contributed by atoms with Crippen molar-refractivity contribution >= 4 is 38.5 Å². The van der Waals surface area contributed by atoms with Gasteiger partial charge in [0.1, 0.15) is 0 Å². The standard InChI is InChI=1S/C13H18BrI/c14-11-7-3-1-2-4-8-12-9-5-6-10-13(12)15/h5-6,9-10H,1-4,7-8,11H2. The van der Waals surface area contributed by atoms with Crippen molar-refractivity contribution in [3.63, 3.8) is 0 Å². The molecule has 0 N–H and O–H groups in total. The first-order valence-electron chi connectivity index (χ1n) is 5.64. The second kappa shape index (κ2) is 8.57. The van der Waals surface area contributed by atoms with E-state index in [0.717, 1.165) is 5.33 Å². The van der Waals surface area contributed by atoms with Gasteiger partial charge in [-0.1, -0.05) is 53.4 Å².